The van der Waals surface area contributed by atoms with Crippen LogP contribution in [0, 0.1) is 5.92 Å². The zero-order valence-corrected chi connectivity index (χ0v) is 16.5. The van der Waals surface area contributed by atoms with Crippen LogP contribution in [0.15, 0.2) is 29.2 Å². The molecule has 2 N–H and O–H groups in total. The topological polar surface area (TPSA) is 107 Å². The van der Waals surface area contributed by atoms with Crippen molar-refractivity contribution < 1.29 is 23.1 Å². The molecule has 1 saturated heterocycles. The first-order chi connectivity index (χ1) is 12.8. The van der Waals surface area contributed by atoms with Gasteiger partial charge in [0.25, 0.3) is 0 Å². The van der Waals surface area contributed by atoms with Gasteiger partial charge in [-0.1, -0.05) is 13.8 Å². The molecule has 0 aromatic heterocycles. The SMILES string of the molecule is CCN(CC)S(=O)(=O)c1ccc(NC(=O)CN2CCC(C(=O)O)CC2)cc1. The third-order valence-corrected chi connectivity index (χ3v) is 6.85. The second kappa shape index (κ2) is 9.29. The molecule has 8 nitrogen and oxygen atoms in total. The summed E-state index contributed by atoms with van der Waals surface area (Å²) in [6.07, 6.45) is 1.08. The van der Waals surface area contributed by atoms with Crippen LogP contribution in [0.25, 0.3) is 0 Å². The van der Waals surface area contributed by atoms with Gasteiger partial charge in [-0.25, -0.2) is 8.42 Å². The molecule has 1 aromatic carbocycles. The maximum Gasteiger partial charge on any atom is 0.306 e. The van der Waals surface area contributed by atoms with Gasteiger partial charge in [0.15, 0.2) is 0 Å². The van der Waals surface area contributed by atoms with Crippen LogP contribution >= 0.6 is 0 Å². The van der Waals surface area contributed by atoms with E-state index in [1.54, 1.807) is 26.0 Å². The van der Waals surface area contributed by atoms with Crippen molar-refractivity contribution in [1.29, 1.82) is 0 Å². The minimum Gasteiger partial charge on any atom is -0.481 e. The Balaban J connectivity index is 1.91. The summed E-state index contributed by atoms with van der Waals surface area (Å²) in [6, 6.07) is 6.12. The molecule has 0 saturated carbocycles. The number of nitrogens with one attached hydrogen (secondary N) is 1. The Morgan fingerprint density at radius 1 is 1.15 bits per heavy atom. The number of carbonyl (C=O) groups excluding carboxylic acids is 1. The molecule has 150 valence electrons. The van der Waals surface area contributed by atoms with Crippen molar-refractivity contribution in [3.63, 3.8) is 0 Å². The molecule has 1 aliphatic heterocycles. The Morgan fingerprint density at radius 2 is 1.70 bits per heavy atom. The lowest BCUT2D eigenvalue weighted by Crippen LogP contribution is -2.40. The maximum absolute atomic E-state index is 12.5. The third-order valence-electron chi connectivity index (χ3n) is 4.79. The van der Waals surface area contributed by atoms with E-state index < -0.39 is 16.0 Å². The van der Waals surface area contributed by atoms with Crippen molar-refractivity contribution in [1.82, 2.24) is 9.21 Å². The second-order valence-corrected chi connectivity index (χ2v) is 8.49. The van der Waals surface area contributed by atoms with Crippen molar-refractivity contribution in [2.75, 3.05) is 38.0 Å². The zero-order chi connectivity index (χ0) is 20.0. The number of carboxylic acids is 1. The Bertz CT molecular complexity index is 752. The largest absolute Gasteiger partial charge is 0.481 e. The number of rotatable bonds is 8. The summed E-state index contributed by atoms with van der Waals surface area (Å²) in [6.45, 7) is 5.71. The van der Waals surface area contributed by atoms with Gasteiger partial charge in [0.2, 0.25) is 15.9 Å². The standard InChI is InChI=1S/C18H27N3O5S/c1-3-21(4-2)27(25,26)16-7-5-15(6-8-16)19-17(22)13-20-11-9-14(10-12-20)18(23)24/h5-8,14H,3-4,9-13H2,1-2H3,(H,19,22)(H,23,24). The van der Waals surface area contributed by atoms with E-state index in [2.05, 4.69) is 5.32 Å². The van der Waals surface area contributed by atoms with Crippen LogP contribution in [-0.2, 0) is 19.6 Å². The average Bonchev–Trinajstić information content (AvgIpc) is 2.63. The summed E-state index contributed by atoms with van der Waals surface area (Å²) in [5, 5.41) is 11.8. The number of likely N-dealkylation sites (tertiary alicyclic amines) is 1. The monoisotopic (exact) mass is 397 g/mol. The zero-order valence-electron chi connectivity index (χ0n) is 15.7. The van der Waals surface area contributed by atoms with Gasteiger partial charge < -0.3 is 10.4 Å². The second-order valence-electron chi connectivity index (χ2n) is 6.55. The molecule has 0 radical (unpaired) electrons. The number of piperidine rings is 1. The number of aliphatic carboxylic acids is 1. The van der Waals surface area contributed by atoms with Crippen LogP contribution in [0.2, 0.25) is 0 Å². The lowest BCUT2D eigenvalue weighted by atomic mass is 9.97. The number of sulfonamides is 1. The summed E-state index contributed by atoms with van der Waals surface area (Å²) in [4.78, 5) is 25.3. The van der Waals surface area contributed by atoms with E-state index >= 15 is 0 Å². The molecule has 1 aromatic rings. The van der Waals surface area contributed by atoms with Crippen LogP contribution in [0.5, 0.6) is 0 Å². The third kappa shape index (κ3) is 5.50. The van der Waals surface area contributed by atoms with Gasteiger partial charge in [0, 0.05) is 18.8 Å². The van der Waals surface area contributed by atoms with Gasteiger partial charge in [-0.3, -0.25) is 14.5 Å². The predicted molar refractivity (Wildman–Crippen MR) is 102 cm³/mol. The highest BCUT2D eigenvalue weighted by atomic mass is 32.2. The van der Waals surface area contributed by atoms with E-state index in [0.717, 1.165) is 0 Å². The molecule has 1 fully saturated rings. The highest BCUT2D eigenvalue weighted by Crippen LogP contribution is 2.19. The fourth-order valence-corrected chi connectivity index (χ4v) is 4.62. The first kappa shape index (κ1) is 21.3. The Kier molecular flexibility index (Phi) is 7.34. The van der Waals surface area contributed by atoms with Crippen molar-refractivity contribution in [3.05, 3.63) is 24.3 Å². The van der Waals surface area contributed by atoms with E-state index in [9.17, 15) is 18.0 Å². The predicted octanol–water partition coefficient (Wildman–Crippen LogP) is 1.45. The van der Waals surface area contributed by atoms with Crippen LogP contribution in [-0.4, -0.2) is 67.3 Å². The fourth-order valence-electron chi connectivity index (χ4n) is 3.16. The molecule has 0 spiro atoms. The summed E-state index contributed by atoms with van der Waals surface area (Å²) in [5.74, 6) is -1.31. The van der Waals surface area contributed by atoms with Crippen LogP contribution < -0.4 is 5.32 Å². The number of benzene rings is 1. The quantitative estimate of drug-likeness (QED) is 0.688. The van der Waals surface area contributed by atoms with Gasteiger partial charge in [-0.15, -0.1) is 0 Å². The smallest absolute Gasteiger partial charge is 0.306 e. The number of hydrogen-bond donors (Lipinski definition) is 2. The van der Waals surface area contributed by atoms with E-state index in [1.165, 1.54) is 16.4 Å². The number of carbonyl (C=O) groups is 2. The molecule has 0 unspecified atom stereocenters. The lowest BCUT2D eigenvalue weighted by Gasteiger charge is -2.29. The molecular formula is C18H27N3O5S. The van der Waals surface area contributed by atoms with E-state index in [-0.39, 0.29) is 23.3 Å². The van der Waals surface area contributed by atoms with Gasteiger partial charge >= 0.3 is 5.97 Å². The first-order valence-electron chi connectivity index (χ1n) is 9.13. The van der Waals surface area contributed by atoms with E-state index in [4.69, 9.17) is 5.11 Å². The maximum atomic E-state index is 12.5. The van der Waals surface area contributed by atoms with Crippen molar-refractivity contribution >= 4 is 27.6 Å². The van der Waals surface area contributed by atoms with E-state index in [0.29, 0.717) is 44.7 Å². The minimum absolute atomic E-state index is 0.186. The molecular weight excluding hydrogens is 370 g/mol. The molecule has 0 bridgehead atoms. The Labute approximate surface area is 160 Å². The average molecular weight is 397 g/mol. The van der Waals surface area contributed by atoms with Gasteiger partial charge in [0.05, 0.1) is 17.4 Å². The summed E-state index contributed by atoms with van der Waals surface area (Å²) < 4.78 is 26.3. The van der Waals surface area contributed by atoms with Gasteiger partial charge in [-0.2, -0.15) is 4.31 Å². The number of nitrogens with zero attached hydrogens (tertiary/aromatic N) is 2. The molecule has 27 heavy (non-hydrogen) atoms. The molecule has 9 heteroatoms. The highest BCUT2D eigenvalue weighted by Gasteiger charge is 2.25. The van der Waals surface area contributed by atoms with Crippen molar-refractivity contribution in [2.24, 2.45) is 5.92 Å². The summed E-state index contributed by atoms with van der Waals surface area (Å²) >= 11 is 0. The number of carboxylic acid groups (broad SMARTS) is 1. The number of amides is 1. The molecule has 2 rings (SSSR count). The molecule has 1 heterocycles. The highest BCUT2D eigenvalue weighted by molar-refractivity contribution is 7.89. The van der Waals surface area contributed by atoms with Gasteiger partial charge in [0.1, 0.15) is 0 Å². The normalized spacial score (nSPS) is 16.4. The van der Waals surface area contributed by atoms with Gasteiger partial charge in [-0.05, 0) is 50.2 Å². The summed E-state index contributed by atoms with van der Waals surface area (Å²) in [7, 11) is -3.52. The molecule has 1 amide bonds. The Morgan fingerprint density at radius 3 is 2.19 bits per heavy atom. The number of anilines is 1. The lowest BCUT2D eigenvalue weighted by molar-refractivity contribution is -0.143. The molecule has 0 atom stereocenters. The van der Waals surface area contributed by atoms with E-state index in [1.807, 2.05) is 4.90 Å². The van der Waals surface area contributed by atoms with Crippen LogP contribution in [0.4, 0.5) is 5.69 Å². The number of hydrogen-bond acceptors (Lipinski definition) is 5. The fraction of sp³-hybridized carbons (Fsp3) is 0.556. The summed E-state index contributed by atoms with van der Waals surface area (Å²) in [5.41, 5.74) is 0.527. The molecule has 0 aliphatic carbocycles. The van der Waals surface area contributed by atoms with Crippen LogP contribution in [0.1, 0.15) is 26.7 Å². The molecule has 1 aliphatic rings. The van der Waals surface area contributed by atoms with Crippen molar-refractivity contribution in [3.8, 4) is 0 Å². The first-order valence-corrected chi connectivity index (χ1v) is 10.6. The minimum atomic E-state index is -3.52. The Hall–Kier alpha value is -1.97. The van der Waals surface area contributed by atoms with Crippen LogP contribution in [0.3, 0.4) is 0 Å². The van der Waals surface area contributed by atoms with Crippen molar-refractivity contribution in [2.45, 2.75) is 31.6 Å².